The average molecular weight is 292 g/mol. The average Bonchev–Trinajstić information content (AvgIpc) is 2.93. The lowest BCUT2D eigenvalue weighted by atomic mass is 10.0. The Bertz CT molecular complexity index is 490. The van der Waals surface area contributed by atoms with E-state index in [-0.39, 0.29) is 11.9 Å². The molecule has 0 bridgehead atoms. The Morgan fingerprint density at radius 2 is 2.10 bits per heavy atom. The van der Waals surface area contributed by atoms with Crippen LogP contribution in [-0.2, 0) is 11.2 Å². The minimum atomic E-state index is -0.0459. The second-order valence-electron chi connectivity index (χ2n) is 5.43. The SMILES string of the molecule is COc1ccc(CCNC(=O)C2NCCC2C)cc1OC. The predicted octanol–water partition coefficient (Wildman–Crippen LogP) is 1.36. The first kappa shape index (κ1) is 15.6. The molecule has 1 heterocycles. The quantitative estimate of drug-likeness (QED) is 0.831. The van der Waals surface area contributed by atoms with E-state index in [1.807, 2.05) is 18.2 Å². The molecule has 2 atom stereocenters. The lowest BCUT2D eigenvalue weighted by Gasteiger charge is -2.15. The molecule has 116 valence electrons. The van der Waals surface area contributed by atoms with Crippen LogP contribution < -0.4 is 20.1 Å². The molecule has 0 aliphatic carbocycles. The van der Waals surface area contributed by atoms with Crippen molar-refractivity contribution in [2.75, 3.05) is 27.3 Å². The molecule has 1 saturated heterocycles. The first-order valence-corrected chi connectivity index (χ1v) is 7.37. The third-order valence-corrected chi connectivity index (χ3v) is 3.98. The van der Waals surface area contributed by atoms with Gasteiger partial charge < -0.3 is 20.1 Å². The first-order valence-electron chi connectivity index (χ1n) is 7.37. The van der Waals surface area contributed by atoms with Crippen molar-refractivity contribution in [2.45, 2.75) is 25.8 Å². The summed E-state index contributed by atoms with van der Waals surface area (Å²) < 4.78 is 10.5. The Kier molecular flexibility index (Phi) is 5.44. The third-order valence-electron chi connectivity index (χ3n) is 3.98. The summed E-state index contributed by atoms with van der Waals surface area (Å²) in [6.45, 7) is 3.66. The van der Waals surface area contributed by atoms with E-state index < -0.39 is 0 Å². The zero-order chi connectivity index (χ0) is 15.2. The number of hydrogen-bond donors (Lipinski definition) is 2. The summed E-state index contributed by atoms with van der Waals surface area (Å²) >= 11 is 0. The number of hydrogen-bond acceptors (Lipinski definition) is 4. The summed E-state index contributed by atoms with van der Waals surface area (Å²) in [7, 11) is 3.24. The summed E-state index contributed by atoms with van der Waals surface area (Å²) in [6.07, 6.45) is 1.83. The van der Waals surface area contributed by atoms with Crippen LogP contribution in [0.3, 0.4) is 0 Å². The molecular weight excluding hydrogens is 268 g/mol. The molecule has 0 aromatic heterocycles. The molecule has 21 heavy (non-hydrogen) atoms. The molecule has 1 amide bonds. The van der Waals surface area contributed by atoms with E-state index in [0.29, 0.717) is 24.0 Å². The summed E-state index contributed by atoms with van der Waals surface area (Å²) in [5.74, 6) is 1.94. The van der Waals surface area contributed by atoms with Crippen molar-refractivity contribution in [3.63, 3.8) is 0 Å². The first-order chi connectivity index (χ1) is 10.2. The van der Waals surface area contributed by atoms with Crippen LogP contribution in [0.5, 0.6) is 11.5 Å². The molecule has 1 fully saturated rings. The van der Waals surface area contributed by atoms with Gasteiger partial charge in [0.15, 0.2) is 11.5 Å². The van der Waals surface area contributed by atoms with Gasteiger partial charge in [-0.1, -0.05) is 13.0 Å². The van der Waals surface area contributed by atoms with Gasteiger partial charge >= 0.3 is 0 Å². The molecule has 2 unspecified atom stereocenters. The minimum absolute atomic E-state index is 0.0459. The molecule has 1 aromatic carbocycles. The number of benzene rings is 1. The van der Waals surface area contributed by atoms with E-state index >= 15 is 0 Å². The van der Waals surface area contributed by atoms with Crippen molar-refractivity contribution in [3.05, 3.63) is 23.8 Å². The largest absolute Gasteiger partial charge is 0.493 e. The van der Waals surface area contributed by atoms with Crippen molar-refractivity contribution >= 4 is 5.91 Å². The van der Waals surface area contributed by atoms with Crippen molar-refractivity contribution in [1.29, 1.82) is 0 Å². The van der Waals surface area contributed by atoms with E-state index in [9.17, 15) is 4.79 Å². The fraction of sp³-hybridized carbons (Fsp3) is 0.562. The van der Waals surface area contributed by atoms with Gasteiger partial charge in [-0.25, -0.2) is 0 Å². The monoisotopic (exact) mass is 292 g/mol. The molecule has 0 radical (unpaired) electrons. The second-order valence-corrected chi connectivity index (χ2v) is 5.43. The molecule has 0 spiro atoms. The van der Waals surface area contributed by atoms with Crippen LogP contribution in [0.1, 0.15) is 18.9 Å². The van der Waals surface area contributed by atoms with Crippen LogP contribution in [-0.4, -0.2) is 39.3 Å². The highest BCUT2D eigenvalue weighted by Gasteiger charge is 2.28. The normalized spacial score (nSPS) is 21.1. The molecular formula is C16H24N2O3. The molecule has 2 rings (SSSR count). The van der Waals surface area contributed by atoms with Crippen LogP contribution in [0, 0.1) is 5.92 Å². The zero-order valence-corrected chi connectivity index (χ0v) is 12.9. The number of amides is 1. The number of nitrogens with one attached hydrogen (secondary N) is 2. The van der Waals surface area contributed by atoms with Gasteiger partial charge in [0.1, 0.15) is 0 Å². The maximum atomic E-state index is 12.1. The van der Waals surface area contributed by atoms with Gasteiger partial charge in [-0.2, -0.15) is 0 Å². The van der Waals surface area contributed by atoms with Gasteiger partial charge in [-0.15, -0.1) is 0 Å². The molecule has 2 N–H and O–H groups in total. The van der Waals surface area contributed by atoms with Crippen LogP contribution in [0.2, 0.25) is 0 Å². The van der Waals surface area contributed by atoms with Gasteiger partial charge in [-0.3, -0.25) is 4.79 Å². The smallest absolute Gasteiger partial charge is 0.237 e. The summed E-state index contributed by atoms with van der Waals surface area (Å²) in [5.41, 5.74) is 1.11. The van der Waals surface area contributed by atoms with E-state index in [0.717, 1.165) is 24.9 Å². The minimum Gasteiger partial charge on any atom is -0.493 e. The Morgan fingerprint density at radius 3 is 2.71 bits per heavy atom. The highest BCUT2D eigenvalue weighted by Crippen LogP contribution is 2.27. The molecule has 1 aromatic rings. The predicted molar refractivity (Wildman–Crippen MR) is 81.8 cm³/mol. The second kappa shape index (κ2) is 7.31. The third kappa shape index (κ3) is 3.88. The number of carbonyl (C=O) groups excluding carboxylic acids is 1. The number of methoxy groups -OCH3 is 2. The maximum Gasteiger partial charge on any atom is 0.237 e. The highest BCUT2D eigenvalue weighted by molar-refractivity contribution is 5.82. The van der Waals surface area contributed by atoms with Gasteiger partial charge in [0.2, 0.25) is 5.91 Å². The summed E-state index contributed by atoms with van der Waals surface area (Å²) in [6, 6.07) is 5.78. The molecule has 5 heteroatoms. The lowest BCUT2D eigenvalue weighted by Crippen LogP contribution is -2.43. The maximum absolute atomic E-state index is 12.1. The van der Waals surface area contributed by atoms with E-state index in [4.69, 9.17) is 9.47 Å². The highest BCUT2D eigenvalue weighted by atomic mass is 16.5. The van der Waals surface area contributed by atoms with Gasteiger partial charge in [0, 0.05) is 6.54 Å². The van der Waals surface area contributed by atoms with Gasteiger partial charge in [0.25, 0.3) is 0 Å². The summed E-state index contributed by atoms with van der Waals surface area (Å²) in [5, 5.41) is 6.24. The fourth-order valence-corrected chi connectivity index (χ4v) is 2.66. The molecule has 1 aliphatic rings. The van der Waals surface area contributed by atoms with Gasteiger partial charge in [-0.05, 0) is 43.0 Å². The Morgan fingerprint density at radius 1 is 1.33 bits per heavy atom. The van der Waals surface area contributed by atoms with Crippen molar-refractivity contribution in [1.82, 2.24) is 10.6 Å². The molecule has 5 nitrogen and oxygen atoms in total. The fourth-order valence-electron chi connectivity index (χ4n) is 2.66. The van der Waals surface area contributed by atoms with Crippen LogP contribution in [0.4, 0.5) is 0 Å². The molecule has 0 saturated carbocycles. The zero-order valence-electron chi connectivity index (χ0n) is 12.9. The summed E-state index contributed by atoms with van der Waals surface area (Å²) in [4.78, 5) is 12.1. The van der Waals surface area contributed by atoms with Crippen LogP contribution in [0.15, 0.2) is 18.2 Å². The van der Waals surface area contributed by atoms with E-state index in [1.54, 1.807) is 14.2 Å². The van der Waals surface area contributed by atoms with Gasteiger partial charge in [0.05, 0.1) is 20.3 Å². The van der Waals surface area contributed by atoms with Crippen LogP contribution in [0.25, 0.3) is 0 Å². The standard InChI is InChI=1S/C16H24N2O3/c1-11-6-8-17-15(11)16(19)18-9-7-12-4-5-13(20-2)14(10-12)21-3/h4-5,10-11,15,17H,6-9H2,1-3H3,(H,18,19). The van der Waals surface area contributed by atoms with Crippen molar-refractivity contribution in [3.8, 4) is 11.5 Å². The Hall–Kier alpha value is -1.75. The number of rotatable bonds is 6. The van der Waals surface area contributed by atoms with E-state index in [1.165, 1.54) is 0 Å². The van der Waals surface area contributed by atoms with Crippen molar-refractivity contribution in [2.24, 2.45) is 5.92 Å². The molecule has 1 aliphatic heterocycles. The van der Waals surface area contributed by atoms with E-state index in [2.05, 4.69) is 17.6 Å². The topological polar surface area (TPSA) is 59.6 Å². The van der Waals surface area contributed by atoms with Crippen molar-refractivity contribution < 1.29 is 14.3 Å². The Labute approximate surface area is 126 Å². The van der Waals surface area contributed by atoms with Crippen LogP contribution >= 0.6 is 0 Å². The number of carbonyl (C=O) groups is 1. The lowest BCUT2D eigenvalue weighted by molar-refractivity contribution is -0.123. The number of ether oxygens (including phenoxy) is 2. The Balaban J connectivity index is 1.84.